The lowest BCUT2D eigenvalue weighted by molar-refractivity contribution is -0.131. The lowest BCUT2D eigenvalue weighted by Crippen LogP contribution is -2.41. The van der Waals surface area contributed by atoms with E-state index in [4.69, 9.17) is 0 Å². The van der Waals surface area contributed by atoms with Gasteiger partial charge < -0.3 is 9.80 Å². The standard InChI is InChI=1S/C14H18F2N2O2/c1-4-18(5-2)13(19)9-17(3)14(20)11-7-6-10(15)8-12(11)16/h6-8H,4-5,9H2,1-3H3. The zero-order valence-electron chi connectivity index (χ0n) is 11.8. The molecule has 0 aliphatic carbocycles. The highest BCUT2D eigenvalue weighted by atomic mass is 19.1. The Hall–Kier alpha value is -1.98. The third-order valence-corrected chi connectivity index (χ3v) is 3.00. The SMILES string of the molecule is CCN(CC)C(=O)CN(C)C(=O)c1ccc(F)cc1F. The Labute approximate surface area is 117 Å². The van der Waals surface area contributed by atoms with Crippen molar-refractivity contribution in [2.75, 3.05) is 26.7 Å². The van der Waals surface area contributed by atoms with Crippen molar-refractivity contribution in [2.24, 2.45) is 0 Å². The number of nitrogens with zero attached hydrogens (tertiary/aromatic N) is 2. The summed E-state index contributed by atoms with van der Waals surface area (Å²) in [7, 11) is 1.41. The van der Waals surface area contributed by atoms with Gasteiger partial charge in [0.05, 0.1) is 12.1 Å². The second kappa shape index (κ2) is 6.98. The van der Waals surface area contributed by atoms with Crippen LogP contribution in [-0.2, 0) is 4.79 Å². The molecule has 2 amide bonds. The van der Waals surface area contributed by atoms with Crippen LogP contribution >= 0.6 is 0 Å². The number of amides is 2. The molecule has 0 atom stereocenters. The van der Waals surface area contributed by atoms with Gasteiger partial charge in [-0.15, -0.1) is 0 Å². The molecule has 1 rings (SSSR count). The Kier molecular flexibility index (Phi) is 5.61. The Morgan fingerprint density at radius 2 is 1.75 bits per heavy atom. The molecule has 0 N–H and O–H groups in total. The summed E-state index contributed by atoms with van der Waals surface area (Å²) in [6.45, 7) is 4.62. The number of rotatable bonds is 5. The summed E-state index contributed by atoms with van der Waals surface area (Å²) in [6, 6.07) is 2.73. The minimum Gasteiger partial charge on any atom is -0.342 e. The molecule has 1 aromatic carbocycles. The highest BCUT2D eigenvalue weighted by Gasteiger charge is 2.20. The first-order chi connectivity index (χ1) is 9.40. The number of likely N-dealkylation sites (N-methyl/N-ethyl adjacent to an activating group) is 2. The van der Waals surface area contributed by atoms with Crippen molar-refractivity contribution in [2.45, 2.75) is 13.8 Å². The lowest BCUT2D eigenvalue weighted by Gasteiger charge is -2.23. The second-order valence-electron chi connectivity index (χ2n) is 4.35. The fourth-order valence-corrected chi connectivity index (χ4v) is 1.82. The van der Waals surface area contributed by atoms with Crippen molar-refractivity contribution in [3.8, 4) is 0 Å². The predicted molar refractivity (Wildman–Crippen MR) is 71.2 cm³/mol. The molecule has 4 nitrogen and oxygen atoms in total. The molecule has 20 heavy (non-hydrogen) atoms. The Morgan fingerprint density at radius 3 is 2.25 bits per heavy atom. The second-order valence-corrected chi connectivity index (χ2v) is 4.35. The van der Waals surface area contributed by atoms with Crippen molar-refractivity contribution in [1.29, 1.82) is 0 Å². The monoisotopic (exact) mass is 284 g/mol. The van der Waals surface area contributed by atoms with Crippen molar-refractivity contribution < 1.29 is 18.4 Å². The van der Waals surface area contributed by atoms with E-state index in [0.29, 0.717) is 19.2 Å². The summed E-state index contributed by atoms with van der Waals surface area (Å²) >= 11 is 0. The highest BCUT2D eigenvalue weighted by Crippen LogP contribution is 2.11. The van der Waals surface area contributed by atoms with Gasteiger partial charge in [-0.1, -0.05) is 0 Å². The maximum atomic E-state index is 13.5. The van der Waals surface area contributed by atoms with Gasteiger partial charge in [0, 0.05) is 26.2 Å². The zero-order chi connectivity index (χ0) is 15.3. The van der Waals surface area contributed by atoms with Crippen LogP contribution in [-0.4, -0.2) is 48.3 Å². The molecular formula is C14H18F2N2O2. The van der Waals surface area contributed by atoms with E-state index in [-0.39, 0.29) is 18.0 Å². The number of hydrogen-bond acceptors (Lipinski definition) is 2. The van der Waals surface area contributed by atoms with Crippen molar-refractivity contribution in [3.63, 3.8) is 0 Å². The molecule has 1 aromatic rings. The quantitative estimate of drug-likeness (QED) is 0.828. The Morgan fingerprint density at radius 1 is 1.15 bits per heavy atom. The van der Waals surface area contributed by atoms with E-state index in [0.717, 1.165) is 17.0 Å². The fourth-order valence-electron chi connectivity index (χ4n) is 1.82. The number of benzene rings is 1. The molecule has 0 bridgehead atoms. The molecule has 0 aliphatic rings. The zero-order valence-corrected chi connectivity index (χ0v) is 11.8. The van der Waals surface area contributed by atoms with Crippen LogP contribution in [0.4, 0.5) is 8.78 Å². The average molecular weight is 284 g/mol. The van der Waals surface area contributed by atoms with Crippen LogP contribution in [0.3, 0.4) is 0 Å². The normalized spacial score (nSPS) is 10.2. The maximum absolute atomic E-state index is 13.5. The third-order valence-electron chi connectivity index (χ3n) is 3.00. The summed E-state index contributed by atoms with van der Waals surface area (Å²) in [4.78, 5) is 26.6. The van der Waals surface area contributed by atoms with Crippen LogP contribution in [0.5, 0.6) is 0 Å². The number of carbonyl (C=O) groups excluding carboxylic acids is 2. The van der Waals surface area contributed by atoms with Gasteiger partial charge in [0.1, 0.15) is 11.6 Å². The van der Waals surface area contributed by atoms with Gasteiger partial charge in [-0.05, 0) is 26.0 Å². The van der Waals surface area contributed by atoms with Gasteiger partial charge in [0.2, 0.25) is 5.91 Å². The van der Waals surface area contributed by atoms with Gasteiger partial charge >= 0.3 is 0 Å². The summed E-state index contributed by atoms with van der Waals surface area (Å²) in [5, 5.41) is 0. The van der Waals surface area contributed by atoms with Crippen LogP contribution < -0.4 is 0 Å². The van der Waals surface area contributed by atoms with E-state index >= 15 is 0 Å². The molecule has 110 valence electrons. The third kappa shape index (κ3) is 3.76. The van der Waals surface area contributed by atoms with Crippen LogP contribution in [0.25, 0.3) is 0 Å². The van der Waals surface area contributed by atoms with Gasteiger partial charge in [-0.25, -0.2) is 8.78 Å². The smallest absolute Gasteiger partial charge is 0.257 e. The fraction of sp³-hybridized carbons (Fsp3) is 0.429. The molecule has 0 radical (unpaired) electrons. The molecule has 0 aromatic heterocycles. The summed E-state index contributed by atoms with van der Waals surface area (Å²) < 4.78 is 26.3. The van der Waals surface area contributed by atoms with Gasteiger partial charge in [0.25, 0.3) is 5.91 Å². The molecular weight excluding hydrogens is 266 g/mol. The van der Waals surface area contributed by atoms with Gasteiger partial charge in [-0.3, -0.25) is 9.59 Å². The highest BCUT2D eigenvalue weighted by molar-refractivity contribution is 5.96. The summed E-state index contributed by atoms with van der Waals surface area (Å²) in [5.41, 5.74) is -0.249. The van der Waals surface area contributed by atoms with E-state index in [1.807, 2.05) is 13.8 Å². The molecule has 0 aliphatic heterocycles. The molecule has 0 unspecified atom stereocenters. The number of hydrogen-bond donors (Lipinski definition) is 0. The lowest BCUT2D eigenvalue weighted by atomic mass is 10.2. The first-order valence-corrected chi connectivity index (χ1v) is 6.39. The molecule has 0 saturated heterocycles. The van der Waals surface area contributed by atoms with Crippen molar-refractivity contribution in [3.05, 3.63) is 35.4 Å². The van der Waals surface area contributed by atoms with Crippen LogP contribution in [0, 0.1) is 11.6 Å². The Bertz CT molecular complexity index is 502. The maximum Gasteiger partial charge on any atom is 0.257 e. The molecule has 6 heteroatoms. The molecule has 0 saturated carbocycles. The van der Waals surface area contributed by atoms with E-state index < -0.39 is 17.5 Å². The number of halogens is 2. The van der Waals surface area contributed by atoms with E-state index in [1.54, 1.807) is 4.90 Å². The van der Waals surface area contributed by atoms with Crippen molar-refractivity contribution >= 4 is 11.8 Å². The first-order valence-electron chi connectivity index (χ1n) is 6.39. The summed E-state index contributed by atoms with van der Waals surface area (Å²) in [5.74, 6) is -2.55. The summed E-state index contributed by atoms with van der Waals surface area (Å²) in [6.07, 6.45) is 0. The minimum atomic E-state index is -0.933. The first kappa shape index (κ1) is 16.1. The minimum absolute atomic E-state index is 0.142. The molecule has 0 fully saturated rings. The number of carbonyl (C=O) groups is 2. The molecule has 0 spiro atoms. The Balaban J connectivity index is 2.79. The predicted octanol–water partition coefficient (Wildman–Crippen LogP) is 1.91. The van der Waals surface area contributed by atoms with Crippen LogP contribution in [0.2, 0.25) is 0 Å². The van der Waals surface area contributed by atoms with E-state index in [9.17, 15) is 18.4 Å². The molecule has 0 heterocycles. The average Bonchev–Trinajstić information content (AvgIpc) is 2.39. The van der Waals surface area contributed by atoms with Gasteiger partial charge in [-0.2, -0.15) is 0 Å². The van der Waals surface area contributed by atoms with E-state index in [1.165, 1.54) is 7.05 Å². The van der Waals surface area contributed by atoms with E-state index in [2.05, 4.69) is 0 Å². The topological polar surface area (TPSA) is 40.6 Å². The van der Waals surface area contributed by atoms with Crippen LogP contribution in [0.15, 0.2) is 18.2 Å². The van der Waals surface area contributed by atoms with Crippen LogP contribution in [0.1, 0.15) is 24.2 Å². The van der Waals surface area contributed by atoms with Crippen molar-refractivity contribution in [1.82, 2.24) is 9.80 Å². The van der Waals surface area contributed by atoms with Gasteiger partial charge in [0.15, 0.2) is 0 Å². The largest absolute Gasteiger partial charge is 0.342 e.